The molecule has 1 aromatic carbocycles. The lowest BCUT2D eigenvalue weighted by atomic mass is 9.97. The average Bonchev–Trinajstić information content (AvgIpc) is 2.05. The van der Waals surface area contributed by atoms with Crippen molar-refractivity contribution >= 4 is 17.3 Å². The fourth-order valence-corrected chi connectivity index (χ4v) is 1.72. The monoisotopic (exact) mass is 212 g/mol. The predicted molar refractivity (Wildman–Crippen MR) is 53.5 cm³/mol. The van der Waals surface area contributed by atoms with E-state index in [9.17, 15) is 10.1 Å². The van der Waals surface area contributed by atoms with Crippen molar-refractivity contribution in [2.24, 2.45) is 0 Å². The van der Waals surface area contributed by atoms with Gasteiger partial charge in [0.2, 0.25) is 0 Å². The highest BCUT2D eigenvalue weighted by Gasteiger charge is 2.22. The number of hydrogen-bond donors (Lipinski definition) is 1. The number of nitro groups is 1. The third-order valence-electron chi connectivity index (χ3n) is 2.39. The van der Waals surface area contributed by atoms with E-state index < -0.39 is 4.92 Å². The summed E-state index contributed by atoms with van der Waals surface area (Å²) in [4.78, 5) is 10.1. The van der Waals surface area contributed by atoms with Gasteiger partial charge in [-0.1, -0.05) is 11.6 Å². The lowest BCUT2D eigenvalue weighted by Crippen LogP contribution is -2.35. The second-order valence-corrected chi connectivity index (χ2v) is 3.67. The van der Waals surface area contributed by atoms with E-state index in [0.717, 1.165) is 18.5 Å². The first-order chi connectivity index (χ1) is 6.68. The second-order valence-electron chi connectivity index (χ2n) is 3.26. The van der Waals surface area contributed by atoms with Crippen LogP contribution in [0.1, 0.15) is 18.0 Å². The van der Waals surface area contributed by atoms with Crippen molar-refractivity contribution in [2.75, 3.05) is 6.54 Å². The molecule has 0 spiro atoms. The molecule has 1 N–H and O–H groups in total. The van der Waals surface area contributed by atoms with Crippen LogP contribution in [0.4, 0.5) is 5.69 Å². The van der Waals surface area contributed by atoms with Crippen LogP contribution in [0.5, 0.6) is 0 Å². The van der Waals surface area contributed by atoms with Crippen molar-refractivity contribution in [1.29, 1.82) is 0 Å². The van der Waals surface area contributed by atoms with Crippen molar-refractivity contribution in [3.05, 3.63) is 38.9 Å². The molecular formula is C9H9ClN2O2. The summed E-state index contributed by atoms with van der Waals surface area (Å²) in [5.41, 5.74) is 0.921. The largest absolute Gasteiger partial charge is 0.310 e. The maximum Gasteiger partial charge on any atom is 0.269 e. The van der Waals surface area contributed by atoms with Gasteiger partial charge in [0, 0.05) is 23.2 Å². The minimum absolute atomic E-state index is 0.0955. The first kappa shape index (κ1) is 9.43. The number of benzene rings is 1. The molecule has 0 aromatic heterocycles. The molecule has 2 rings (SSSR count). The number of nitrogens with zero attached hydrogens (tertiary/aromatic N) is 1. The molecule has 74 valence electrons. The van der Waals surface area contributed by atoms with Gasteiger partial charge in [0.15, 0.2) is 0 Å². The van der Waals surface area contributed by atoms with Gasteiger partial charge in [-0.05, 0) is 24.6 Å². The molecule has 14 heavy (non-hydrogen) atoms. The van der Waals surface area contributed by atoms with Gasteiger partial charge in [-0.2, -0.15) is 0 Å². The average molecular weight is 213 g/mol. The molecule has 1 atom stereocenters. The summed E-state index contributed by atoms with van der Waals surface area (Å²) in [6.07, 6.45) is 0.987. The predicted octanol–water partition coefficient (Wildman–Crippen LogP) is 2.28. The molecule has 1 fully saturated rings. The molecule has 0 bridgehead atoms. The Bertz CT molecular complexity index is 377. The van der Waals surface area contributed by atoms with Crippen LogP contribution in [0, 0.1) is 10.1 Å². The first-order valence-corrected chi connectivity index (χ1v) is 4.73. The summed E-state index contributed by atoms with van der Waals surface area (Å²) < 4.78 is 0. The minimum Gasteiger partial charge on any atom is -0.310 e. The Morgan fingerprint density at radius 1 is 1.57 bits per heavy atom. The van der Waals surface area contributed by atoms with Crippen LogP contribution in [-0.4, -0.2) is 11.5 Å². The molecule has 1 aliphatic heterocycles. The van der Waals surface area contributed by atoms with E-state index in [1.54, 1.807) is 12.1 Å². The topological polar surface area (TPSA) is 55.2 Å². The Balaban J connectivity index is 2.36. The molecular weight excluding hydrogens is 204 g/mol. The smallest absolute Gasteiger partial charge is 0.269 e. The van der Waals surface area contributed by atoms with Crippen molar-refractivity contribution in [1.82, 2.24) is 5.32 Å². The number of nitro benzene ring substituents is 1. The molecule has 1 aliphatic rings. The summed E-state index contributed by atoms with van der Waals surface area (Å²) in [6.45, 7) is 0.948. The number of nitrogens with one attached hydrogen (secondary N) is 1. The van der Waals surface area contributed by atoms with E-state index in [4.69, 9.17) is 11.6 Å². The molecule has 0 aliphatic carbocycles. The van der Waals surface area contributed by atoms with Crippen LogP contribution in [-0.2, 0) is 0 Å². The summed E-state index contributed by atoms with van der Waals surface area (Å²) in [7, 11) is 0. The maximum absolute atomic E-state index is 10.5. The highest BCUT2D eigenvalue weighted by Crippen LogP contribution is 2.31. The standard InChI is InChI=1S/C9H9ClN2O2/c10-8-2-1-6(12(13)14)5-7(8)9-3-4-11-9/h1-2,5,9,11H,3-4H2/t9-/m1/s1. The van der Waals surface area contributed by atoms with Gasteiger partial charge in [0.1, 0.15) is 0 Å². The molecule has 4 nitrogen and oxygen atoms in total. The number of halogens is 1. The van der Waals surface area contributed by atoms with Crippen LogP contribution >= 0.6 is 11.6 Å². The zero-order chi connectivity index (χ0) is 10.1. The molecule has 1 saturated heterocycles. The van der Waals surface area contributed by atoms with Gasteiger partial charge in [0.05, 0.1) is 4.92 Å². The van der Waals surface area contributed by atoms with E-state index in [-0.39, 0.29) is 11.7 Å². The Labute approximate surface area is 86.0 Å². The summed E-state index contributed by atoms with van der Waals surface area (Å²) in [5.74, 6) is 0. The summed E-state index contributed by atoms with van der Waals surface area (Å²) in [5, 5.41) is 14.3. The lowest BCUT2D eigenvalue weighted by molar-refractivity contribution is -0.384. The Kier molecular flexibility index (Phi) is 2.39. The molecule has 0 unspecified atom stereocenters. The number of rotatable bonds is 2. The third-order valence-corrected chi connectivity index (χ3v) is 2.73. The van der Waals surface area contributed by atoms with Gasteiger partial charge in [0.25, 0.3) is 5.69 Å². The normalized spacial score (nSPS) is 20.2. The fraction of sp³-hybridized carbons (Fsp3) is 0.333. The van der Waals surface area contributed by atoms with Crippen molar-refractivity contribution in [3.8, 4) is 0 Å². The molecule has 5 heteroatoms. The molecule has 0 saturated carbocycles. The minimum atomic E-state index is -0.404. The number of hydrogen-bond acceptors (Lipinski definition) is 3. The van der Waals surface area contributed by atoms with Crippen LogP contribution in [0.3, 0.4) is 0 Å². The SMILES string of the molecule is O=[N+]([O-])c1ccc(Cl)c([C@H]2CCN2)c1. The first-order valence-electron chi connectivity index (χ1n) is 4.35. The molecule has 1 aromatic rings. The van der Waals surface area contributed by atoms with Gasteiger partial charge in [-0.15, -0.1) is 0 Å². The van der Waals surface area contributed by atoms with Gasteiger partial charge in [-0.3, -0.25) is 10.1 Å². The Morgan fingerprint density at radius 2 is 2.29 bits per heavy atom. The van der Waals surface area contributed by atoms with E-state index in [1.165, 1.54) is 6.07 Å². The molecule has 0 amide bonds. The maximum atomic E-state index is 10.5. The molecule has 1 heterocycles. The van der Waals surface area contributed by atoms with Gasteiger partial charge >= 0.3 is 0 Å². The van der Waals surface area contributed by atoms with Crippen LogP contribution in [0.2, 0.25) is 5.02 Å². The number of non-ortho nitro benzene ring substituents is 1. The zero-order valence-electron chi connectivity index (χ0n) is 7.37. The summed E-state index contributed by atoms with van der Waals surface area (Å²) >= 11 is 5.95. The van der Waals surface area contributed by atoms with Crippen LogP contribution in [0.15, 0.2) is 18.2 Å². The second kappa shape index (κ2) is 3.55. The van der Waals surface area contributed by atoms with Gasteiger partial charge < -0.3 is 5.32 Å². The van der Waals surface area contributed by atoms with Crippen molar-refractivity contribution in [2.45, 2.75) is 12.5 Å². The van der Waals surface area contributed by atoms with E-state index in [1.807, 2.05) is 0 Å². The highest BCUT2D eigenvalue weighted by molar-refractivity contribution is 6.31. The van der Waals surface area contributed by atoms with E-state index >= 15 is 0 Å². The third kappa shape index (κ3) is 1.58. The summed E-state index contributed by atoms with van der Waals surface area (Å²) in [6, 6.07) is 4.72. The van der Waals surface area contributed by atoms with Crippen LogP contribution in [0.25, 0.3) is 0 Å². The van der Waals surface area contributed by atoms with Crippen molar-refractivity contribution < 1.29 is 4.92 Å². The zero-order valence-corrected chi connectivity index (χ0v) is 8.12. The van der Waals surface area contributed by atoms with E-state index in [0.29, 0.717) is 5.02 Å². The van der Waals surface area contributed by atoms with E-state index in [2.05, 4.69) is 5.32 Å². The molecule has 0 radical (unpaired) electrons. The van der Waals surface area contributed by atoms with Crippen molar-refractivity contribution in [3.63, 3.8) is 0 Å². The quantitative estimate of drug-likeness (QED) is 0.605. The lowest BCUT2D eigenvalue weighted by Gasteiger charge is -2.28. The Morgan fingerprint density at radius 3 is 2.79 bits per heavy atom. The Hall–Kier alpha value is -1.13. The highest BCUT2D eigenvalue weighted by atomic mass is 35.5. The van der Waals surface area contributed by atoms with Gasteiger partial charge in [-0.25, -0.2) is 0 Å². The van der Waals surface area contributed by atoms with Crippen LogP contribution < -0.4 is 5.32 Å². The fourth-order valence-electron chi connectivity index (χ4n) is 1.47.